The van der Waals surface area contributed by atoms with E-state index in [0.717, 1.165) is 24.6 Å². The van der Waals surface area contributed by atoms with Gasteiger partial charge >= 0.3 is 0 Å². The van der Waals surface area contributed by atoms with Crippen LogP contribution < -0.4 is 16.0 Å². The highest BCUT2D eigenvalue weighted by Crippen LogP contribution is 2.13. The van der Waals surface area contributed by atoms with Crippen LogP contribution in [0.25, 0.3) is 0 Å². The highest BCUT2D eigenvalue weighted by molar-refractivity contribution is 5.84. The van der Waals surface area contributed by atoms with E-state index in [1.54, 1.807) is 0 Å². The minimum Gasteiger partial charge on any atom is -0.382 e. The van der Waals surface area contributed by atoms with Crippen molar-refractivity contribution in [2.45, 2.75) is 47.6 Å². The van der Waals surface area contributed by atoms with Crippen molar-refractivity contribution in [3.05, 3.63) is 11.6 Å². The van der Waals surface area contributed by atoms with Gasteiger partial charge < -0.3 is 25.3 Å². The number of aromatic nitrogens is 3. The van der Waals surface area contributed by atoms with E-state index in [0.29, 0.717) is 38.8 Å². The van der Waals surface area contributed by atoms with Crippen LogP contribution in [0.4, 0.5) is 0 Å². The van der Waals surface area contributed by atoms with Gasteiger partial charge in [-0.3, -0.25) is 4.79 Å². The molecule has 0 spiro atoms. The van der Waals surface area contributed by atoms with Crippen molar-refractivity contribution >= 4 is 11.9 Å². The summed E-state index contributed by atoms with van der Waals surface area (Å²) in [6, 6.07) is 0. The molecule has 9 nitrogen and oxygen atoms in total. The predicted molar refractivity (Wildman–Crippen MR) is 106 cm³/mol. The molecule has 0 bridgehead atoms. The molecule has 0 radical (unpaired) electrons. The van der Waals surface area contributed by atoms with Crippen molar-refractivity contribution in [2.75, 3.05) is 32.8 Å². The van der Waals surface area contributed by atoms with Gasteiger partial charge in [-0.1, -0.05) is 0 Å². The van der Waals surface area contributed by atoms with Crippen LogP contribution in [-0.4, -0.2) is 59.5 Å². The molecule has 0 atom stereocenters. The predicted octanol–water partition coefficient (Wildman–Crippen LogP) is 0.748. The van der Waals surface area contributed by atoms with Gasteiger partial charge in [0.25, 0.3) is 0 Å². The first-order valence-corrected chi connectivity index (χ1v) is 9.54. The largest absolute Gasteiger partial charge is 0.382 e. The van der Waals surface area contributed by atoms with E-state index >= 15 is 0 Å². The van der Waals surface area contributed by atoms with Crippen LogP contribution in [0.3, 0.4) is 0 Å². The van der Waals surface area contributed by atoms with E-state index in [-0.39, 0.29) is 5.91 Å². The lowest BCUT2D eigenvalue weighted by atomic mass is 9.92. The zero-order valence-corrected chi connectivity index (χ0v) is 17.6. The molecule has 0 fully saturated rings. The van der Waals surface area contributed by atoms with E-state index in [1.165, 1.54) is 0 Å². The minimum absolute atomic E-state index is 0.0112. The van der Waals surface area contributed by atoms with E-state index in [9.17, 15) is 4.79 Å². The number of hydrogen-bond donors (Lipinski definition) is 3. The summed E-state index contributed by atoms with van der Waals surface area (Å²) >= 11 is 0. The first-order valence-electron chi connectivity index (χ1n) is 9.54. The molecular formula is C18H35N7O2. The fraction of sp³-hybridized carbons (Fsp3) is 0.778. The summed E-state index contributed by atoms with van der Waals surface area (Å²) < 4.78 is 7.27. The molecule has 0 saturated carbocycles. The highest BCUT2D eigenvalue weighted by atomic mass is 16.5. The van der Waals surface area contributed by atoms with Gasteiger partial charge in [-0.2, -0.15) is 0 Å². The lowest BCUT2D eigenvalue weighted by Crippen LogP contribution is -2.48. The normalized spacial score (nSPS) is 12.1. The number of aryl methyl sites for hydroxylation is 1. The standard InChI is InChI=1S/C18H35N7O2/c1-7-19-16(26)18(4,5)13-22-17(20-10-9-11-27-8-2)21-12-15-24-23-14(3)25(15)6/h7-13H2,1-6H3,(H,19,26)(H2,20,21,22). The Morgan fingerprint density at radius 1 is 1.22 bits per heavy atom. The number of nitrogens with one attached hydrogen (secondary N) is 3. The van der Waals surface area contributed by atoms with Crippen LogP contribution in [0.15, 0.2) is 4.99 Å². The third-order valence-corrected chi connectivity index (χ3v) is 4.17. The lowest BCUT2D eigenvalue weighted by Gasteiger charge is -2.25. The zero-order valence-electron chi connectivity index (χ0n) is 17.6. The Morgan fingerprint density at radius 2 is 1.96 bits per heavy atom. The molecule has 1 aromatic heterocycles. The summed E-state index contributed by atoms with van der Waals surface area (Å²) in [5.41, 5.74) is -0.550. The van der Waals surface area contributed by atoms with Crippen LogP contribution in [0.5, 0.6) is 0 Å². The molecule has 0 aliphatic heterocycles. The summed E-state index contributed by atoms with van der Waals surface area (Å²) in [4.78, 5) is 16.8. The summed E-state index contributed by atoms with van der Waals surface area (Å²) in [5, 5.41) is 17.6. The Labute approximate surface area is 162 Å². The van der Waals surface area contributed by atoms with Gasteiger partial charge in [0.1, 0.15) is 12.4 Å². The number of ether oxygens (including phenoxy) is 1. The van der Waals surface area contributed by atoms with Crippen LogP contribution >= 0.6 is 0 Å². The fourth-order valence-corrected chi connectivity index (χ4v) is 2.22. The van der Waals surface area contributed by atoms with E-state index in [1.807, 2.05) is 46.2 Å². The van der Waals surface area contributed by atoms with Gasteiger partial charge in [-0.15, -0.1) is 10.2 Å². The van der Waals surface area contributed by atoms with Gasteiger partial charge in [0.05, 0.1) is 5.41 Å². The molecule has 9 heteroatoms. The Bertz CT molecular complexity index is 611. The number of nitrogens with zero attached hydrogens (tertiary/aromatic N) is 4. The molecule has 27 heavy (non-hydrogen) atoms. The summed E-state index contributed by atoms with van der Waals surface area (Å²) in [7, 11) is 1.92. The maximum absolute atomic E-state index is 12.2. The van der Waals surface area contributed by atoms with Gasteiger partial charge in [-0.05, 0) is 41.0 Å². The first kappa shape index (κ1) is 22.9. The Balaban J connectivity index is 2.70. The number of hydrogen-bond acceptors (Lipinski definition) is 5. The number of guanidine groups is 1. The Kier molecular flexibility index (Phi) is 9.77. The third-order valence-electron chi connectivity index (χ3n) is 4.17. The van der Waals surface area contributed by atoms with Crippen molar-refractivity contribution in [3.8, 4) is 0 Å². The molecule has 1 aromatic rings. The van der Waals surface area contributed by atoms with Crippen molar-refractivity contribution < 1.29 is 9.53 Å². The molecular weight excluding hydrogens is 346 g/mol. The van der Waals surface area contributed by atoms with Gasteiger partial charge in [0.15, 0.2) is 11.8 Å². The molecule has 1 heterocycles. The van der Waals surface area contributed by atoms with Crippen molar-refractivity contribution in [2.24, 2.45) is 17.5 Å². The first-order chi connectivity index (χ1) is 12.8. The fourth-order valence-electron chi connectivity index (χ4n) is 2.22. The Hall–Kier alpha value is -2.16. The van der Waals surface area contributed by atoms with Crippen LogP contribution in [0, 0.1) is 12.3 Å². The van der Waals surface area contributed by atoms with Crippen molar-refractivity contribution in [3.63, 3.8) is 0 Å². The molecule has 1 amide bonds. The molecule has 0 aliphatic carbocycles. The number of carbonyl (C=O) groups is 1. The second-order valence-electron chi connectivity index (χ2n) is 6.96. The molecule has 0 aliphatic rings. The lowest BCUT2D eigenvalue weighted by molar-refractivity contribution is -0.128. The summed E-state index contributed by atoms with van der Waals surface area (Å²) in [6.45, 7) is 13.2. The average molecular weight is 382 g/mol. The average Bonchev–Trinajstić information content (AvgIpc) is 2.95. The second-order valence-corrected chi connectivity index (χ2v) is 6.96. The second kappa shape index (κ2) is 11.5. The quantitative estimate of drug-likeness (QED) is 0.297. The summed E-state index contributed by atoms with van der Waals surface area (Å²) in [6.07, 6.45) is 0.872. The molecule has 0 saturated heterocycles. The molecule has 3 N–H and O–H groups in total. The zero-order chi connectivity index (χ0) is 20.3. The number of aliphatic imine (C=N–C) groups is 1. The van der Waals surface area contributed by atoms with E-state index in [4.69, 9.17) is 4.74 Å². The van der Waals surface area contributed by atoms with Gasteiger partial charge in [0.2, 0.25) is 5.91 Å². The van der Waals surface area contributed by atoms with Crippen molar-refractivity contribution in [1.29, 1.82) is 0 Å². The SMILES string of the molecule is CCNC(=O)C(C)(C)CNC(=NCc1nnc(C)n1C)NCCCOCC. The topological polar surface area (TPSA) is 105 Å². The number of amides is 1. The van der Waals surface area contributed by atoms with Crippen molar-refractivity contribution in [1.82, 2.24) is 30.7 Å². The smallest absolute Gasteiger partial charge is 0.227 e. The van der Waals surface area contributed by atoms with Crippen LogP contribution in [-0.2, 0) is 23.1 Å². The van der Waals surface area contributed by atoms with Gasteiger partial charge in [-0.25, -0.2) is 4.99 Å². The third kappa shape index (κ3) is 7.94. The molecule has 0 unspecified atom stereocenters. The summed E-state index contributed by atoms with van der Waals surface area (Å²) in [5.74, 6) is 2.28. The number of carbonyl (C=O) groups excluding carboxylic acids is 1. The van der Waals surface area contributed by atoms with E-state index in [2.05, 4.69) is 31.1 Å². The number of rotatable bonds is 11. The van der Waals surface area contributed by atoms with Crippen LogP contribution in [0.1, 0.15) is 45.8 Å². The van der Waals surface area contributed by atoms with Crippen LogP contribution in [0.2, 0.25) is 0 Å². The molecule has 0 aromatic carbocycles. The highest BCUT2D eigenvalue weighted by Gasteiger charge is 2.27. The minimum atomic E-state index is -0.550. The maximum Gasteiger partial charge on any atom is 0.227 e. The Morgan fingerprint density at radius 3 is 2.56 bits per heavy atom. The maximum atomic E-state index is 12.2. The monoisotopic (exact) mass is 381 g/mol. The molecule has 154 valence electrons. The van der Waals surface area contributed by atoms with Gasteiger partial charge in [0, 0.05) is 39.9 Å². The molecule has 1 rings (SSSR count). The van der Waals surface area contributed by atoms with E-state index < -0.39 is 5.41 Å².